The molecule has 4 aliphatic carbocycles. The summed E-state index contributed by atoms with van der Waals surface area (Å²) in [6.45, 7) is 14.0. The van der Waals surface area contributed by atoms with Gasteiger partial charge in [0.25, 0.3) is 0 Å². The summed E-state index contributed by atoms with van der Waals surface area (Å²) < 4.78 is 0. The quantitative estimate of drug-likeness (QED) is 0.474. The van der Waals surface area contributed by atoms with Gasteiger partial charge in [0.05, 0.1) is 18.3 Å². The lowest BCUT2D eigenvalue weighted by Crippen LogP contribution is -2.55. The van der Waals surface area contributed by atoms with Crippen LogP contribution >= 0.6 is 0 Å². The fourth-order valence-electron chi connectivity index (χ4n) is 8.90. The first kappa shape index (κ1) is 24.5. The molecule has 0 bridgehead atoms. The molecule has 3 nitrogen and oxygen atoms in total. The van der Waals surface area contributed by atoms with E-state index in [0.29, 0.717) is 29.6 Å². The van der Waals surface area contributed by atoms with Gasteiger partial charge in [-0.1, -0.05) is 65.3 Å². The maximum Gasteiger partial charge on any atom is 0.0757 e. The van der Waals surface area contributed by atoms with E-state index < -0.39 is 6.10 Å². The number of aliphatic hydroxyl groups is 3. The second-order valence-corrected chi connectivity index (χ2v) is 12.7. The van der Waals surface area contributed by atoms with E-state index in [1.807, 2.05) is 0 Å². The molecule has 0 aromatic carbocycles. The van der Waals surface area contributed by atoms with Gasteiger partial charge in [-0.3, -0.25) is 0 Å². The van der Waals surface area contributed by atoms with Crippen LogP contribution in [0.2, 0.25) is 0 Å². The zero-order valence-electron chi connectivity index (χ0n) is 21.3. The molecular formula is C29H48O3. The first-order valence-electron chi connectivity index (χ1n) is 13.5. The van der Waals surface area contributed by atoms with Crippen LogP contribution in [0.4, 0.5) is 0 Å². The highest BCUT2D eigenvalue weighted by Gasteiger charge is 2.63. The van der Waals surface area contributed by atoms with Crippen molar-refractivity contribution in [2.45, 2.75) is 105 Å². The molecule has 11 atom stereocenters. The van der Waals surface area contributed by atoms with Crippen molar-refractivity contribution in [3.8, 4) is 0 Å². The van der Waals surface area contributed by atoms with Crippen molar-refractivity contribution in [2.24, 2.45) is 52.3 Å². The second-order valence-electron chi connectivity index (χ2n) is 12.7. The van der Waals surface area contributed by atoms with Gasteiger partial charge in [-0.15, -0.1) is 0 Å². The molecule has 0 aromatic rings. The van der Waals surface area contributed by atoms with Crippen molar-refractivity contribution in [3.63, 3.8) is 0 Å². The van der Waals surface area contributed by atoms with Gasteiger partial charge in [0, 0.05) is 0 Å². The lowest BCUT2D eigenvalue weighted by Gasteiger charge is -2.59. The summed E-state index contributed by atoms with van der Waals surface area (Å²) >= 11 is 0. The standard InChI is InChI=1S/C29H48O3/c1-7-19(17(2)3)9-8-18(4)27-25(32)16-23-26-22(11-13-29(23,27)6)28(5)12-10-21(30)14-20(28)15-24(26)31/h8-9,15,17-19,21-27,30-32H,7,10-14,16H2,1-6H3/b9-8+/t18-,19-,21?,22+,23+,24?,25?,26-,27+,28+,29+/m1/s1. The predicted octanol–water partition coefficient (Wildman–Crippen LogP) is 5.74. The highest BCUT2D eigenvalue weighted by atomic mass is 16.3. The third-order valence-electron chi connectivity index (χ3n) is 10.8. The monoisotopic (exact) mass is 444 g/mol. The molecule has 0 radical (unpaired) electrons. The maximum atomic E-state index is 11.3. The summed E-state index contributed by atoms with van der Waals surface area (Å²) in [7, 11) is 0. The molecule has 3 saturated carbocycles. The normalized spacial score (nSPS) is 48.2. The number of fused-ring (bicyclic) bond motifs is 5. The Morgan fingerprint density at radius 3 is 2.41 bits per heavy atom. The van der Waals surface area contributed by atoms with E-state index in [0.717, 1.165) is 44.9 Å². The summed E-state index contributed by atoms with van der Waals surface area (Å²) in [6, 6.07) is 0. The maximum absolute atomic E-state index is 11.3. The van der Waals surface area contributed by atoms with Crippen molar-refractivity contribution in [1.29, 1.82) is 0 Å². The van der Waals surface area contributed by atoms with Gasteiger partial charge in [0.2, 0.25) is 0 Å². The molecule has 0 amide bonds. The van der Waals surface area contributed by atoms with Crippen molar-refractivity contribution >= 4 is 0 Å². The van der Waals surface area contributed by atoms with Gasteiger partial charge in [0.1, 0.15) is 0 Å². The van der Waals surface area contributed by atoms with Gasteiger partial charge in [0.15, 0.2) is 0 Å². The van der Waals surface area contributed by atoms with E-state index in [9.17, 15) is 15.3 Å². The predicted molar refractivity (Wildman–Crippen MR) is 131 cm³/mol. The number of hydrogen-bond acceptors (Lipinski definition) is 3. The summed E-state index contributed by atoms with van der Waals surface area (Å²) in [5.74, 6) is 2.90. The number of allylic oxidation sites excluding steroid dienone is 2. The fourth-order valence-corrected chi connectivity index (χ4v) is 8.90. The minimum Gasteiger partial charge on any atom is -0.393 e. The molecule has 3 N–H and O–H groups in total. The summed E-state index contributed by atoms with van der Waals surface area (Å²) in [5, 5.41) is 32.9. The lowest BCUT2D eigenvalue weighted by molar-refractivity contribution is -0.0963. The zero-order valence-corrected chi connectivity index (χ0v) is 21.3. The Balaban J connectivity index is 1.61. The van der Waals surface area contributed by atoms with E-state index in [1.165, 1.54) is 5.57 Å². The lowest BCUT2D eigenvalue weighted by atomic mass is 9.46. The van der Waals surface area contributed by atoms with Gasteiger partial charge >= 0.3 is 0 Å². The van der Waals surface area contributed by atoms with E-state index in [2.05, 4.69) is 59.8 Å². The Morgan fingerprint density at radius 2 is 1.75 bits per heavy atom. The third kappa shape index (κ3) is 3.85. The van der Waals surface area contributed by atoms with Gasteiger partial charge in [-0.2, -0.15) is 0 Å². The average Bonchev–Trinajstić information content (AvgIpc) is 2.99. The Hall–Kier alpha value is -0.640. The highest BCUT2D eigenvalue weighted by molar-refractivity contribution is 5.28. The molecule has 4 rings (SSSR count). The van der Waals surface area contributed by atoms with Crippen LogP contribution in [0.15, 0.2) is 23.8 Å². The van der Waals surface area contributed by atoms with Crippen molar-refractivity contribution in [1.82, 2.24) is 0 Å². The minimum atomic E-state index is -0.444. The number of hydrogen-bond donors (Lipinski definition) is 3. The zero-order chi connectivity index (χ0) is 23.4. The van der Waals surface area contributed by atoms with E-state index >= 15 is 0 Å². The molecule has 3 heteroatoms. The smallest absolute Gasteiger partial charge is 0.0757 e. The molecule has 4 aliphatic rings. The Labute approximate surface area is 196 Å². The first-order chi connectivity index (χ1) is 15.0. The van der Waals surface area contributed by atoms with E-state index in [-0.39, 0.29) is 34.9 Å². The van der Waals surface area contributed by atoms with Crippen LogP contribution < -0.4 is 0 Å². The first-order valence-corrected chi connectivity index (χ1v) is 13.5. The molecule has 32 heavy (non-hydrogen) atoms. The van der Waals surface area contributed by atoms with Crippen LogP contribution in [0.3, 0.4) is 0 Å². The van der Waals surface area contributed by atoms with Gasteiger partial charge < -0.3 is 15.3 Å². The molecule has 0 spiro atoms. The molecule has 0 heterocycles. The van der Waals surface area contributed by atoms with Crippen LogP contribution in [0.5, 0.6) is 0 Å². The van der Waals surface area contributed by atoms with Crippen molar-refractivity contribution < 1.29 is 15.3 Å². The molecule has 0 aliphatic heterocycles. The topological polar surface area (TPSA) is 60.7 Å². The van der Waals surface area contributed by atoms with Crippen molar-refractivity contribution in [3.05, 3.63) is 23.8 Å². The fraction of sp³-hybridized carbons (Fsp3) is 0.862. The summed E-state index contributed by atoms with van der Waals surface area (Å²) in [6.07, 6.45) is 12.8. The highest BCUT2D eigenvalue weighted by Crippen LogP contribution is 2.67. The molecular weight excluding hydrogens is 396 g/mol. The van der Waals surface area contributed by atoms with Gasteiger partial charge in [-0.05, 0) is 97.2 Å². The van der Waals surface area contributed by atoms with E-state index in [4.69, 9.17) is 0 Å². The Kier molecular flexibility index (Phi) is 6.78. The second kappa shape index (κ2) is 8.86. The van der Waals surface area contributed by atoms with Crippen LogP contribution in [-0.4, -0.2) is 33.6 Å². The largest absolute Gasteiger partial charge is 0.393 e. The third-order valence-corrected chi connectivity index (χ3v) is 10.8. The molecule has 3 unspecified atom stereocenters. The molecule has 3 fully saturated rings. The summed E-state index contributed by atoms with van der Waals surface area (Å²) in [5.41, 5.74) is 1.46. The van der Waals surface area contributed by atoms with Crippen LogP contribution in [0.1, 0.15) is 86.5 Å². The average molecular weight is 445 g/mol. The number of aliphatic hydroxyl groups excluding tert-OH is 3. The van der Waals surface area contributed by atoms with Crippen LogP contribution in [0, 0.1) is 52.3 Å². The SMILES string of the molecule is CC[C@H](/C=C/[C@@H](C)[C@H]1C(O)C[C@H]2[C@@H]3C(O)C=C4CC(O)CC[C@]4(C)[C@H]3CC[C@]12C)C(C)C. The summed E-state index contributed by atoms with van der Waals surface area (Å²) in [4.78, 5) is 0. The van der Waals surface area contributed by atoms with E-state index in [1.54, 1.807) is 0 Å². The molecule has 0 saturated heterocycles. The van der Waals surface area contributed by atoms with Crippen LogP contribution in [-0.2, 0) is 0 Å². The number of rotatable bonds is 5. The van der Waals surface area contributed by atoms with Crippen LogP contribution in [0.25, 0.3) is 0 Å². The minimum absolute atomic E-state index is 0.0702. The molecule has 182 valence electrons. The Bertz CT molecular complexity index is 741. The van der Waals surface area contributed by atoms with Gasteiger partial charge in [-0.25, -0.2) is 0 Å². The van der Waals surface area contributed by atoms with Crippen molar-refractivity contribution in [2.75, 3.05) is 0 Å². The molecule has 0 aromatic heterocycles. The Morgan fingerprint density at radius 1 is 1.03 bits per heavy atom.